The largest absolute Gasteiger partial charge is 0.393 e. The predicted molar refractivity (Wildman–Crippen MR) is 54.0 cm³/mol. The maximum Gasteiger partial charge on any atom is 0.0572 e. The lowest BCUT2D eigenvalue weighted by molar-refractivity contribution is 0.187. The van der Waals surface area contributed by atoms with Crippen LogP contribution >= 0.6 is 0 Å². The third-order valence-electron chi connectivity index (χ3n) is 2.10. The Morgan fingerprint density at radius 3 is 2.33 bits per heavy atom. The maximum atomic E-state index is 9.45. The first-order valence-corrected chi connectivity index (χ1v) is 5.32. The van der Waals surface area contributed by atoms with Gasteiger partial charge >= 0.3 is 0 Å². The maximum absolute atomic E-state index is 9.45. The van der Waals surface area contributed by atoms with Crippen molar-refractivity contribution in [2.75, 3.05) is 0 Å². The molecule has 0 aliphatic rings. The minimum atomic E-state index is -0.150. The van der Waals surface area contributed by atoms with Crippen molar-refractivity contribution in [1.29, 1.82) is 0 Å². The third-order valence-corrected chi connectivity index (χ3v) is 2.10. The van der Waals surface area contributed by atoms with Crippen molar-refractivity contribution in [3.05, 3.63) is 6.42 Å². The van der Waals surface area contributed by atoms with Crippen LogP contribution < -0.4 is 0 Å². The molecule has 0 rings (SSSR count). The lowest BCUT2D eigenvalue weighted by Gasteiger charge is -2.08. The highest BCUT2D eigenvalue weighted by Gasteiger charge is 2.02. The topological polar surface area (TPSA) is 20.2 Å². The van der Waals surface area contributed by atoms with E-state index in [1.165, 1.54) is 32.1 Å². The number of hydrogen-bond donors (Lipinski definition) is 1. The van der Waals surface area contributed by atoms with Gasteiger partial charge in [-0.2, -0.15) is 0 Å². The van der Waals surface area contributed by atoms with Crippen molar-refractivity contribution in [2.24, 2.45) is 0 Å². The van der Waals surface area contributed by atoms with Gasteiger partial charge in [0.15, 0.2) is 0 Å². The van der Waals surface area contributed by atoms with Gasteiger partial charge in [0.2, 0.25) is 0 Å². The smallest absolute Gasteiger partial charge is 0.0572 e. The van der Waals surface area contributed by atoms with Crippen LogP contribution in [0.25, 0.3) is 0 Å². The van der Waals surface area contributed by atoms with Gasteiger partial charge in [0.1, 0.15) is 0 Å². The molecule has 0 aliphatic heterocycles. The van der Waals surface area contributed by atoms with Crippen molar-refractivity contribution in [3.8, 4) is 0 Å². The summed E-state index contributed by atoms with van der Waals surface area (Å²) in [4.78, 5) is 0. The summed E-state index contributed by atoms with van der Waals surface area (Å²) in [7, 11) is 0. The van der Waals surface area contributed by atoms with E-state index in [2.05, 4.69) is 20.3 Å². The second-order valence-corrected chi connectivity index (χ2v) is 3.44. The summed E-state index contributed by atoms with van der Waals surface area (Å²) in [6.07, 6.45) is 10.0. The van der Waals surface area contributed by atoms with Gasteiger partial charge in [-0.1, -0.05) is 46.0 Å². The first-order chi connectivity index (χ1) is 5.81. The SMILES string of the molecule is CCCC[CH]C(O)CCCCC. The van der Waals surface area contributed by atoms with Gasteiger partial charge in [0.05, 0.1) is 6.10 Å². The van der Waals surface area contributed by atoms with E-state index < -0.39 is 0 Å². The molecule has 0 aromatic rings. The Balaban J connectivity index is 3.04. The van der Waals surface area contributed by atoms with Crippen molar-refractivity contribution >= 4 is 0 Å². The fraction of sp³-hybridized carbons (Fsp3) is 0.909. The molecule has 0 aliphatic carbocycles. The van der Waals surface area contributed by atoms with E-state index >= 15 is 0 Å². The summed E-state index contributed by atoms with van der Waals surface area (Å²) in [5, 5.41) is 9.45. The fourth-order valence-corrected chi connectivity index (χ4v) is 1.24. The van der Waals surface area contributed by atoms with Gasteiger partial charge in [-0.15, -0.1) is 0 Å². The lowest BCUT2D eigenvalue weighted by Crippen LogP contribution is -2.06. The fourth-order valence-electron chi connectivity index (χ4n) is 1.24. The molecular formula is C11H23O. The van der Waals surface area contributed by atoms with Gasteiger partial charge < -0.3 is 5.11 Å². The number of aliphatic hydroxyl groups excluding tert-OH is 1. The van der Waals surface area contributed by atoms with Crippen LogP contribution in [0.2, 0.25) is 0 Å². The summed E-state index contributed by atoms with van der Waals surface area (Å²) in [6.45, 7) is 4.37. The van der Waals surface area contributed by atoms with Crippen LogP contribution in [-0.2, 0) is 0 Å². The van der Waals surface area contributed by atoms with Crippen LogP contribution in [-0.4, -0.2) is 11.2 Å². The molecule has 0 amide bonds. The normalized spacial score (nSPS) is 11.0. The van der Waals surface area contributed by atoms with E-state index in [1.54, 1.807) is 0 Å². The van der Waals surface area contributed by atoms with Gasteiger partial charge in [0.25, 0.3) is 0 Å². The molecule has 1 nitrogen and oxygen atoms in total. The van der Waals surface area contributed by atoms with Crippen LogP contribution in [0.1, 0.15) is 58.8 Å². The Morgan fingerprint density at radius 2 is 1.75 bits per heavy atom. The van der Waals surface area contributed by atoms with E-state index in [-0.39, 0.29) is 6.10 Å². The average Bonchev–Trinajstić information content (AvgIpc) is 2.06. The first-order valence-electron chi connectivity index (χ1n) is 5.32. The summed E-state index contributed by atoms with van der Waals surface area (Å²) in [5.74, 6) is 0. The molecule has 0 saturated carbocycles. The van der Waals surface area contributed by atoms with Crippen LogP contribution in [0, 0.1) is 6.42 Å². The van der Waals surface area contributed by atoms with Crippen LogP contribution in [0.5, 0.6) is 0 Å². The number of hydrogen-bond acceptors (Lipinski definition) is 1. The number of unbranched alkanes of at least 4 members (excludes halogenated alkanes) is 4. The zero-order valence-corrected chi connectivity index (χ0v) is 8.55. The second kappa shape index (κ2) is 9.05. The average molecular weight is 171 g/mol. The Bertz CT molecular complexity index is 71.1. The molecule has 0 fully saturated rings. The molecule has 1 N–H and O–H groups in total. The molecule has 0 aromatic heterocycles. The third kappa shape index (κ3) is 8.06. The Labute approximate surface area is 77.2 Å². The van der Waals surface area contributed by atoms with E-state index in [0.717, 1.165) is 12.8 Å². The predicted octanol–water partition coefficient (Wildman–Crippen LogP) is 3.32. The molecule has 0 bridgehead atoms. The summed E-state index contributed by atoms with van der Waals surface area (Å²) in [6, 6.07) is 0. The molecule has 12 heavy (non-hydrogen) atoms. The van der Waals surface area contributed by atoms with Crippen molar-refractivity contribution in [1.82, 2.24) is 0 Å². The first kappa shape index (κ1) is 12.0. The van der Waals surface area contributed by atoms with Crippen molar-refractivity contribution in [3.63, 3.8) is 0 Å². The Morgan fingerprint density at radius 1 is 1.08 bits per heavy atom. The molecule has 1 heteroatoms. The van der Waals surface area contributed by atoms with Gasteiger partial charge in [-0.05, 0) is 19.3 Å². The number of rotatable bonds is 8. The monoisotopic (exact) mass is 171 g/mol. The van der Waals surface area contributed by atoms with E-state index in [0.29, 0.717) is 0 Å². The van der Waals surface area contributed by atoms with Crippen molar-refractivity contribution in [2.45, 2.75) is 64.9 Å². The zero-order chi connectivity index (χ0) is 9.23. The van der Waals surface area contributed by atoms with Crippen LogP contribution in [0.3, 0.4) is 0 Å². The summed E-state index contributed by atoms with van der Waals surface area (Å²) >= 11 is 0. The van der Waals surface area contributed by atoms with E-state index in [4.69, 9.17) is 0 Å². The molecule has 0 heterocycles. The zero-order valence-electron chi connectivity index (χ0n) is 8.55. The molecule has 1 unspecified atom stereocenters. The molecule has 1 radical (unpaired) electrons. The Hall–Kier alpha value is -0.0400. The number of aliphatic hydroxyl groups is 1. The highest BCUT2D eigenvalue weighted by atomic mass is 16.3. The quantitative estimate of drug-likeness (QED) is 0.555. The molecule has 0 saturated heterocycles. The summed E-state index contributed by atoms with van der Waals surface area (Å²) < 4.78 is 0. The van der Waals surface area contributed by atoms with E-state index in [9.17, 15) is 5.11 Å². The van der Waals surface area contributed by atoms with Gasteiger partial charge in [-0.3, -0.25) is 0 Å². The lowest BCUT2D eigenvalue weighted by atomic mass is 10.0. The van der Waals surface area contributed by atoms with Crippen molar-refractivity contribution < 1.29 is 5.11 Å². The molecular weight excluding hydrogens is 148 g/mol. The minimum absolute atomic E-state index is 0.150. The highest BCUT2D eigenvalue weighted by molar-refractivity contribution is 4.74. The minimum Gasteiger partial charge on any atom is -0.393 e. The van der Waals surface area contributed by atoms with Gasteiger partial charge in [0, 0.05) is 0 Å². The summed E-state index contributed by atoms with van der Waals surface area (Å²) in [5.41, 5.74) is 0. The highest BCUT2D eigenvalue weighted by Crippen LogP contribution is 2.09. The van der Waals surface area contributed by atoms with Crippen LogP contribution in [0.15, 0.2) is 0 Å². The molecule has 0 aromatic carbocycles. The molecule has 1 atom stereocenters. The second-order valence-electron chi connectivity index (χ2n) is 3.44. The molecule has 73 valence electrons. The standard InChI is InChI=1S/C11H23O/c1-3-5-7-9-11(12)10-8-6-4-2/h9,11-12H,3-8,10H2,1-2H3. The van der Waals surface area contributed by atoms with E-state index in [1.807, 2.05) is 0 Å². The Kier molecular flexibility index (Phi) is 9.02. The van der Waals surface area contributed by atoms with Gasteiger partial charge in [-0.25, -0.2) is 0 Å². The molecule has 0 spiro atoms. The van der Waals surface area contributed by atoms with Crippen LogP contribution in [0.4, 0.5) is 0 Å².